The minimum atomic E-state index is -0.905. The monoisotopic (exact) mass is 481 g/mol. The molecular formula is C27H35N3O3S. The summed E-state index contributed by atoms with van der Waals surface area (Å²) in [7, 11) is 0. The third kappa shape index (κ3) is 6.74. The van der Waals surface area contributed by atoms with E-state index >= 15 is 0 Å². The van der Waals surface area contributed by atoms with Crippen LogP contribution in [0.2, 0.25) is 0 Å². The summed E-state index contributed by atoms with van der Waals surface area (Å²) >= 11 is 1.25. The van der Waals surface area contributed by atoms with Crippen LogP contribution in [-0.2, 0) is 0 Å². The van der Waals surface area contributed by atoms with Crippen LogP contribution in [0.3, 0.4) is 0 Å². The Morgan fingerprint density at radius 3 is 2.76 bits per heavy atom. The number of hydrogen-bond donors (Lipinski definition) is 2. The zero-order valence-corrected chi connectivity index (χ0v) is 21.2. The van der Waals surface area contributed by atoms with Crippen LogP contribution >= 0.6 is 11.3 Å². The molecule has 1 aliphatic carbocycles. The number of ether oxygens (including phenoxy) is 1. The summed E-state index contributed by atoms with van der Waals surface area (Å²) in [5, 5.41) is 13.3. The van der Waals surface area contributed by atoms with E-state index in [1.165, 1.54) is 24.2 Å². The van der Waals surface area contributed by atoms with Crippen LogP contribution < -0.4 is 10.1 Å². The smallest absolute Gasteiger partial charge is 0.348 e. The molecule has 7 heteroatoms. The molecule has 3 heterocycles. The molecule has 1 aliphatic heterocycles. The van der Waals surface area contributed by atoms with Crippen LogP contribution in [0.5, 0.6) is 5.88 Å². The van der Waals surface area contributed by atoms with E-state index in [1.54, 1.807) is 6.20 Å². The number of pyridine rings is 1. The molecule has 34 heavy (non-hydrogen) atoms. The highest BCUT2D eigenvalue weighted by Gasteiger charge is 2.34. The number of aromatic carboxylic acids is 1. The molecule has 182 valence electrons. The average molecular weight is 482 g/mol. The van der Waals surface area contributed by atoms with Gasteiger partial charge in [-0.1, -0.05) is 17.9 Å². The van der Waals surface area contributed by atoms with E-state index in [1.807, 2.05) is 24.3 Å². The van der Waals surface area contributed by atoms with Crippen molar-refractivity contribution in [3.8, 4) is 17.7 Å². The molecule has 0 bridgehead atoms. The lowest BCUT2D eigenvalue weighted by molar-refractivity contribution is 0.0627. The molecule has 0 aromatic carbocycles. The fourth-order valence-electron chi connectivity index (χ4n) is 4.77. The lowest BCUT2D eigenvalue weighted by atomic mass is 9.82. The first-order chi connectivity index (χ1) is 16.3. The Morgan fingerprint density at radius 1 is 1.29 bits per heavy atom. The third-order valence-corrected chi connectivity index (χ3v) is 7.40. The van der Waals surface area contributed by atoms with Crippen LogP contribution in [0.1, 0.15) is 67.4 Å². The number of carboxylic acids is 1. The standard InChI is InChI=1S/C27H35N3O3S/c1-27(2,3)12-11-21-17-22(25(34-21)26(31)32)29-20-9-10-23(33-24-8-4-5-13-28-24)19(16-20)18-30-14-6-7-15-30/h4-5,8,13,17,19-20,23,29H,6-7,9-10,14-16,18H2,1-3H3,(H,31,32). The van der Waals surface area contributed by atoms with Gasteiger partial charge >= 0.3 is 5.97 Å². The number of carbonyl (C=O) groups is 1. The number of hydrogen-bond acceptors (Lipinski definition) is 6. The van der Waals surface area contributed by atoms with Crippen molar-refractivity contribution in [1.29, 1.82) is 0 Å². The van der Waals surface area contributed by atoms with Crippen molar-refractivity contribution < 1.29 is 14.6 Å². The maximum atomic E-state index is 11.9. The Bertz CT molecular complexity index is 1030. The average Bonchev–Trinajstić information content (AvgIpc) is 3.44. The Balaban J connectivity index is 1.48. The number of thiophene rings is 1. The lowest BCUT2D eigenvalue weighted by Gasteiger charge is -2.38. The highest BCUT2D eigenvalue weighted by Crippen LogP contribution is 2.34. The molecule has 1 saturated carbocycles. The summed E-state index contributed by atoms with van der Waals surface area (Å²) < 4.78 is 6.33. The van der Waals surface area contributed by atoms with Crippen LogP contribution in [0, 0.1) is 23.2 Å². The molecule has 3 atom stereocenters. The van der Waals surface area contributed by atoms with Gasteiger partial charge in [0.05, 0.1) is 10.6 Å². The summed E-state index contributed by atoms with van der Waals surface area (Å²) in [6.07, 6.45) is 7.17. The van der Waals surface area contributed by atoms with Gasteiger partial charge in [-0.3, -0.25) is 0 Å². The van der Waals surface area contributed by atoms with Crippen LogP contribution in [-0.4, -0.2) is 52.7 Å². The fourth-order valence-corrected chi connectivity index (χ4v) is 5.58. The normalized spacial score (nSPS) is 23.2. The van der Waals surface area contributed by atoms with Crippen LogP contribution in [0.25, 0.3) is 0 Å². The van der Waals surface area contributed by atoms with Crippen molar-refractivity contribution in [1.82, 2.24) is 9.88 Å². The van der Waals surface area contributed by atoms with Gasteiger partial charge in [0.1, 0.15) is 11.0 Å². The maximum absolute atomic E-state index is 11.9. The lowest BCUT2D eigenvalue weighted by Crippen LogP contribution is -2.44. The summed E-state index contributed by atoms with van der Waals surface area (Å²) in [5.41, 5.74) is 0.556. The van der Waals surface area contributed by atoms with Crippen molar-refractivity contribution in [3.63, 3.8) is 0 Å². The van der Waals surface area contributed by atoms with Gasteiger partial charge in [0.15, 0.2) is 0 Å². The molecule has 6 nitrogen and oxygen atoms in total. The first-order valence-corrected chi connectivity index (χ1v) is 13.1. The molecular weight excluding hydrogens is 446 g/mol. The van der Waals surface area contributed by atoms with Crippen LogP contribution in [0.15, 0.2) is 30.5 Å². The zero-order valence-electron chi connectivity index (χ0n) is 20.3. The molecule has 0 spiro atoms. The van der Waals surface area contributed by atoms with Crippen molar-refractivity contribution in [2.75, 3.05) is 25.0 Å². The first kappa shape index (κ1) is 24.6. The molecule has 2 aromatic rings. The molecule has 0 amide bonds. The Kier molecular flexibility index (Phi) is 7.80. The zero-order chi connectivity index (χ0) is 24.1. The third-order valence-electron chi connectivity index (χ3n) is 6.36. The molecule has 2 fully saturated rings. The van der Waals surface area contributed by atoms with Gasteiger partial charge in [-0.15, -0.1) is 11.3 Å². The number of carboxylic acid groups (broad SMARTS) is 1. The van der Waals surface area contributed by atoms with Gasteiger partial charge in [0.25, 0.3) is 0 Å². The largest absolute Gasteiger partial charge is 0.477 e. The summed E-state index contributed by atoms with van der Waals surface area (Å²) in [6.45, 7) is 9.46. The summed E-state index contributed by atoms with van der Waals surface area (Å²) in [4.78, 5) is 19.9. The van der Waals surface area contributed by atoms with Gasteiger partial charge < -0.3 is 20.1 Å². The quantitative estimate of drug-likeness (QED) is 0.519. The molecule has 2 aliphatic rings. The second-order valence-electron chi connectivity index (χ2n) is 10.4. The number of nitrogens with zero attached hydrogens (tertiary/aromatic N) is 2. The number of likely N-dealkylation sites (tertiary alicyclic amines) is 1. The number of anilines is 1. The predicted octanol–water partition coefficient (Wildman–Crippen LogP) is 5.36. The van der Waals surface area contributed by atoms with Gasteiger partial charge in [0.2, 0.25) is 5.88 Å². The van der Waals surface area contributed by atoms with Crippen molar-refractivity contribution in [3.05, 3.63) is 40.2 Å². The van der Waals surface area contributed by atoms with E-state index in [-0.39, 0.29) is 17.6 Å². The molecule has 0 radical (unpaired) electrons. The van der Waals surface area contributed by atoms with Crippen molar-refractivity contribution >= 4 is 23.0 Å². The van der Waals surface area contributed by atoms with E-state index < -0.39 is 5.97 Å². The highest BCUT2D eigenvalue weighted by molar-refractivity contribution is 7.15. The molecule has 4 rings (SSSR count). The fraction of sp³-hybridized carbons (Fsp3) is 0.556. The minimum absolute atomic E-state index is 0.114. The van der Waals surface area contributed by atoms with Gasteiger partial charge in [-0.05, 0) is 78.1 Å². The van der Waals surface area contributed by atoms with E-state index in [0.717, 1.165) is 43.8 Å². The number of rotatable bonds is 7. The van der Waals surface area contributed by atoms with Crippen LogP contribution in [0.4, 0.5) is 5.69 Å². The van der Waals surface area contributed by atoms with E-state index in [9.17, 15) is 9.90 Å². The van der Waals surface area contributed by atoms with Gasteiger partial charge in [-0.2, -0.15) is 0 Å². The van der Waals surface area contributed by atoms with Gasteiger partial charge in [0, 0.05) is 36.2 Å². The minimum Gasteiger partial charge on any atom is -0.477 e. The maximum Gasteiger partial charge on any atom is 0.348 e. The SMILES string of the molecule is CC(C)(C)C#Cc1cc(NC2CCC(Oc3ccccn3)C(CN3CCCC3)C2)c(C(=O)O)s1. The Labute approximate surface area is 206 Å². The van der Waals surface area contributed by atoms with Gasteiger partial charge in [-0.25, -0.2) is 9.78 Å². The topological polar surface area (TPSA) is 74.7 Å². The van der Waals surface area contributed by atoms with E-state index in [0.29, 0.717) is 22.4 Å². The molecule has 3 unspecified atom stereocenters. The predicted molar refractivity (Wildman–Crippen MR) is 137 cm³/mol. The summed E-state index contributed by atoms with van der Waals surface area (Å²) in [6, 6.07) is 7.87. The Morgan fingerprint density at radius 2 is 2.09 bits per heavy atom. The Hall–Kier alpha value is -2.56. The van der Waals surface area contributed by atoms with Crippen molar-refractivity contribution in [2.24, 2.45) is 11.3 Å². The highest BCUT2D eigenvalue weighted by atomic mass is 32.1. The molecule has 2 N–H and O–H groups in total. The summed E-state index contributed by atoms with van der Waals surface area (Å²) in [5.74, 6) is 6.50. The molecule has 2 aromatic heterocycles. The number of nitrogens with one attached hydrogen (secondary N) is 1. The second kappa shape index (κ2) is 10.8. The van der Waals surface area contributed by atoms with E-state index in [4.69, 9.17) is 4.74 Å². The first-order valence-electron chi connectivity index (χ1n) is 12.2. The second-order valence-corrected chi connectivity index (χ2v) is 11.5. The van der Waals surface area contributed by atoms with E-state index in [2.05, 4.69) is 47.8 Å². The number of aromatic nitrogens is 1. The molecule has 1 saturated heterocycles. The van der Waals surface area contributed by atoms with Crippen molar-refractivity contribution in [2.45, 2.75) is 65.0 Å².